The molecule has 0 spiro atoms. The smallest absolute Gasteiger partial charge is 0.387 e. The van der Waals surface area contributed by atoms with E-state index in [4.69, 9.17) is 13.8 Å². The SMILES string of the molecule is CC1CN(CC(O)c2ccc(-c3noc(-c4onc(-c5ccccc5)c4C(F)(F)F)n3)cc2)CCO1. The highest BCUT2D eigenvalue weighted by Crippen LogP contribution is 2.43. The Kier molecular flexibility index (Phi) is 6.61. The lowest BCUT2D eigenvalue weighted by molar-refractivity contribution is -0.137. The minimum atomic E-state index is -4.76. The van der Waals surface area contributed by atoms with Gasteiger partial charge in [-0.05, 0) is 12.5 Å². The molecule has 1 aliphatic rings. The predicted octanol–water partition coefficient (Wildman–Crippen LogP) is 4.83. The third-order valence-electron chi connectivity index (χ3n) is 5.95. The van der Waals surface area contributed by atoms with Crippen LogP contribution in [0.5, 0.6) is 0 Å². The number of halogens is 3. The van der Waals surface area contributed by atoms with Gasteiger partial charge in [0.05, 0.1) is 18.8 Å². The van der Waals surface area contributed by atoms with Gasteiger partial charge in [-0.15, -0.1) is 0 Å². The van der Waals surface area contributed by atoms with Gasteiger partial charge in [-0.25, -0.2) is 0 Å². The fraction of sp³-hybridized carbons (Fsp3) is 0.320. The van der Waals surface area contributed by atoms with Crippen LogP contribution in [0.15, 0.2) is 63.6 Å². The molecule has 8 nitrogen and oxygen atoms in total. The van der Waals surface area contributed by atoms with E-state index in [0.29, 0.717) is 24.3 Å². The van der Waals surface area contributed by atoms with Crippen LogP contribution < -0.4 is 0 Å². The third-order valence-corrected chi connectivity index (χ3v) is 5.95. The largest absolute Gasteiger partial charge is 0.422 e. The molecule has 5 rings (SSSR count). The van der Waals surface area contributed by atoms with E-state index < -0.39 is 29.5 Å². The molecule has 36 heavy (non-hydrogen) atoms. The van der Waals surface area contributed by atoms with Crippen LogP contribution in [0.3, 0.4) is 0 Å². The van der Waals surface area contributed by atoms with Crippen LogP contribution in [0.2, 0.25) is 0 Å². The van der Waals surface area contributed by atoms with Gasteiger partial charge in [0.2, 0.25) is 11.6 Å². The Hall–Kier alpha value is -3.54. The third kappa shape index (κ3) is 5.03. The van der Waals surface area contributed by atoms with Crippen molar-refractivity contribution in [1.29, 1.82) is 0 Å². The van der Waals surface area contributed by atoms with E-state index in [0.717, 1.165) is 13.1 Å². The van der Waals surface area contributed by atoms with E-state index in [1.54, 1.807) is 42.5 Å². The summed E-state index contributed by atoms with van der Waals surface area (Å²) in [4.78, 5) is 6.25. The second-order valence-electron chi connectivity index (χ2n) is 8.60. The normalized spacial score (nSPS) is 17.9. The number of morpholine rings is 1. The molecular weight excluding hydrogens is 477 g/mol. The molecule has 188 valence electrons. The van der Waals surface area contributed by atoms with Gasteiger partial charge in [0.15, 0.2) is 0 Å². The van der Waals surface area contributed by atoms with Crippen molar-refractivity contribution in [2.75, 3.05) is 26.2 Å². The molecule has 1 aliphatic heterocycles. The molecule has 0 radical (unpaired) electrons. The standard InChI is InChI=1S/C25H23F3N4O4/c1-15-13-32(11-12-34-15)14-19(33)16-7-9-18(10-8-16)23-29-24(36-31-23)22-20(25(26,27)28)21(30-35-22)17-5-3-2-4-6-17/h2-10,15,19,33H,11-14H2,1H3. The Morgan fingerprint density at radius 1 is 1.03 bits per heavy atom. The van der Waals surface area contributed by atoms with Crippen molar-refractivity contribution in [3.05, 3.63) is 65.7 Å². The lowest BCUT2D eigenvalue weighted by Gasteiger charge is -2.32. The number of ether oxygens (including phenoxy) is 1. The first-order chi connectivity index (χ1) is 17.3. The van der Waals surface area contributed by atoms with Crippen molar-refractivity contribution in [3.8, 4) is 34.3 Å². The second-order valence-corrected chi connectivity index (χ2v) is 8.60. The molecule has 2 unspecified atom stereocenters. The van der Waals surface area contributed by atoms with Crippen LogP contribution in [0.4, 0.5) is 13.2 Å². The molecule has 11 heteroatoms. The van der Waals surface area contributed by atoms with Crippen molar-refractivity contribution < 1.29 is 32.1 Å². The average Bonchev–Trinajstić information content (AvgIpc) is 3.52. The molecule has 2 aromatic carbocycles. The van der Waals surface area contributed by atoms with Crippen molar-refractivity contribution >= 4 is 0 Å². The lowest BCUT2D eigenvalue weighted by Crippen LogP contribution is -2.42. The van der Waals surface area contributed by atoms with E-state index in [-0.39, 0.29) is 23.2 Å². The second kappa shape index (κ2) is 9.84. The summed E-state index contributed by atoms with van der Waals surface area (Å²) >= 11 is 0. The van der Waals surface area contributed by atoms with Gasteiger partial charge < -0.3 is 18.9 Å². The summed E-state index contributed by atoms with van der Waals surface area (Å²) < 4.78 is 57.5. The molecule has 3 heterocycles. The maximum atomic E-state index is 13.9. The van der Waals surface area contributed by atoms with Crippen molar-refractivity contribution in [2.24, 2.45) is 0 Å². The molecule has 1 N–H and O–H groups in total. The molecule has 4 aromatic rings. The fourth-order valence-electron chi connectivity index (χ4n) is 4.19. The van der Waals surface area contributed by atoms with Crippen LogP contribution in [0.25, 0.3) is 34.3 Å². The quantitative estimate of drug-likeness (QED) is 0.402. The van der Waals surface area contributed by atoms with E-state index in [9.17, 15) is 18.3 Å². The summed E-state index contributed by atoms with van der Waals surface area (Å²) in [5.41, 5.74) is 0.0203. The summed E-state index contributed by atoms with van der Waals surface area (Å²) in [7, 11) is 0. The Morgan fingerprint density at radius 3 is 2.47 bits per heavy atom. The van der Waals surface area contributed by atoms with Crippen LogP contribution in [0, 0.1) is 0 Å². The minimum Gasteiger partial charge on any atom is -0.387 e. The average molecular weight is 500 g/mol. The molecular formula is C25H23F3N4O4. The molecule has 0 bridgehead atoms. The fourth-order valence-corrected chi connectivity index (χ4v) is 4.19. The van der Waals surface area contributed by atoms with Gasteiger partial charge in [-0.2, -0.15) is 18.2 Å². The number of aromatic nitrogens is 3. The molecule has 0 amide bonds. The van der Waals surface area contributed by atoms with E-state index >= 15 is 0 Å². The number of hydrogen-bond acceptors (Lipinski definition) is 8. The van der Waals surface area contributed by atoms with Crippen molar-refractivity contribution in [3.63, 3.8) is 0 Å². The first kappa shape index (κ1) is 24.2. The maximum absolute atomic E-state index is 13.9. The monoisotopic (exact) mass is 500 g/mol. The minimum absolute atomic E-state index is 0.0822. The summed E-state index contributed by atoms with van der Waals surface area (Å²) in [6.07, 6.45) is -5.34. The van der Waals surface area contributed by atoms with Crippen molar-refractivity contribution in [2.45, 2.75) is 25.3 Å². The van der Waals surface area contributed by atoms with Gasteiger partial charge in [0.1, 0.15) is 11.3 Å². The van der Waals surface area contributed by atoms with Crippen LogP contribution in [-0.4, -0.2) is 57.6 Å². The Labute approximate surface area is 204 Å². The highest BCUT2D eigenvalue weighted by atomic mass is 19.4. The number of alkyl halides is 3. The lowest BCUT2D eigenvalue weighted by atomic mass is 10.1. The van der Waals surface area contributed by atoms with Gasteiger partial charge in [0.25, 0.3) is 5.89 Å². The number of rotatable bonds is 6. The number of benzene rings is 2. The first-order valence-electron chi connectivity index (χ1n) is 11.4. The highest BCUT2D eigenvalue weighted by Gasteiger charge is 2.43. The predicted molar refractivity (Wildman–Crippen MR) is 122 cm³/mol. The molecule has 2 atom stereocenters. The Balaban J connectivity index is 1.37. The van der Waals surface area contributed by atoms with Gasteiger partial charge in [-0.1, -0.05) is 64.9 Å². The summed E-state index contributed by atoms with van der Waals surface area (Å²) in [5.74, 6) is -0.997. The maximum Gasteiger partial charge on any atom is 0.422 e. The van der Waals surface area contributed by atoms with E-state index in [1.807, 2.05) is 6.92 Å². The van der Waals surface area contributed by atoms with E-state index in [2.05, 4.69) is 20.2 Å². The summed E-state index contributed by atoms with van der Waals surface area (Å²) in [6.45, 7) is 4.58. The topological polar surface area (TPSA) is 97.7 Å². The Bertz CT molecular complexity index is 1310. The van der Waals surface area contributed by atoms with Crippen LogP contribution in [0.1, 0.15) is 24.2 Å². The van der Waals surface area contributed by atoms with E-state index in [1.165, 1.54) is 12.1 Å². The highest BCUT2D eigenvalue weighted by molar-refractivity contribution is 5.71. The summed E-state index contributed by atoms with van der Waals surface area (Å²) in [6, 6.07) is 14.7. The summed E-state index contributed by atoms with van der Waals surface area (Å²) in [5, 5.41) is 18.1. The zero-order valence-electron chi connectivity index (χ0n) is 19.3. The zero-order chi connectivity index (χ0) is 25.3. The Morgan fingerprint density at radius 2 is 1.78 bits per heavy atom. The van der Waals surface area contributed by atoms with Crippen molar-refractivity contribution in [1.82, 2.24) is 20.2 Å². The number of β-amino-alcohol motifs (C(OH)–C–C–N with tert-alkyl or cyclic N) is 1. The molecule has 1 saturated heterocycles. The van der Waals surface area contributed by atoms with Gasteiger partial charge in [0, 0.05) is 30.8 Å². The molecule has 0 saturated carbocycles. The zero-order valence-corrected chi connectivity index (χ0v) is 19.3. The number of aliphatic hydroxyl groups excluding tert-OH is 1. The number of hydrogen-bond donors (Lipinski definition) is 1. The number of nitrogens with zero attached hydrogens (tertiary/aromatic N) is 4. The first-order valence-corrected chi connectivity index (χ1v) is 11.4. The molecule has 1 fully saturated rings. The molecule has 0 aliphatic carbocycles. The molecule has 2 aromatic heterocycles. The van der Waals surface area contributed by atoms with Gasteiger partial charge >= 0.3 is 6.18 Å². The van der Waals surface area contributed by atoms with Gasteiger partial charge in [-0.3, -0.25) is 4.90 Å². The van der Waals surface area contributed by atoms with Crippen LogP contribution >= 0.6 is 0 Å². The van der Waals surface area contributed by atoms with Crippen LogP contribution in [-0.2, 0) is 10.9 Å². The number of aliphatic hydroxyl groups is 1.